The molecule has 1 rings (SSSR count). The van der Waals surface area contributed by atoms with Crippen LogP contribution in [0.5, 0.6) is 0 Å². The van der Waals surface area contributed by atoms with E-state index in [-0.39, 0.29) is 24.0 Å². The van der Waals surface area contributed by atoms with Crippen LogP contribution < -0.4 is 10.6 Å². The molecular formula is C12H23IN4S2. The van der Waals surface area contributed by atoms with Crippen LogP contribution in [0.2, 0.25) is 0 Å². The molecule has 7 heteroatoms. The van der Waals surface area contributed by atoms with Gasteiger partial charge in [0, 0.05) is 37.2 Å². The molecule has 0 amide bonds. The molecule has 1 aromatic heterocycles. The van der Waals surface area contributed by atoms with Crippen LogP contribution in [0.25, 0.3) is 0 Å². The van der Waals surface area contributed by atoms with Gasteiger partial charge in [-0.05, 0) is 20.1 Å². The maximum atomic E-state index is 4.52. The summed E-state index contributed by atoms with van der Waals surface area (Å²) in [5.41, 5.74) is 1.15. The number of thiazole rings is 1. The van der Waals surface area contributed by atoms with Gasteiger partial charge >= 0.3 is 0 Å². The lowest BCUT2D eigenvalue weighted by atomic mass is 10.4. The zero-order valence-electron chi connectivity index (χ0n) is 11.9. The lowest BCUT2D eigenvalue weighted by Gasteiger charge is -2.10. The van der Waals surface area contributed by atoms with Crippen molar-refractivity contribution in [3.05, 3.63) is 15.6 Å². The summed E-state index contributed by atoms with van der Waals surface area (Å²) in [7, 11) is 1.80. The second kappa shape index (κ2) is 10.7. The minimum Gasteiger partial charge on any atom is -0.356 e. The van der Waals surface area contributed by atoms with E-state index in [0.717, 1.165) is 36.9 Å². The Labute approximate surface area is 141 Å². The minimum absolute atomic E-state index is 0. The lowest BCUT2D eigenvalue weighted by molar-refractivity contribution is 0.807. The molecular weight excluding hydrogens is 391 g/mol. The fraction of sp³-hybridized carbons (Fsp3) is 0.667. The van der Waals surface area contributed by atoms with Gasteiger partial charge in [-0.15, -0.1) is 35.3 Å². The molecule has 0 saturated carbocycles. The number of hydrogen-bond donors (Lipinski definition) is 2. The molecule has 0 radical (unpaired) electrons. The topological polar surface area (TPSA) is 49.3 Å². The number of aryl methyl sites for hydroxylation is 2. The van der Waals surface area contributed by atoms with E-state index in [2.05, 4.69) is 40.7 Å². The average Bonchev–Trinajstić information content (AvgIpc) is 2.67. The number of halogens is 1. The largest absolute Gasteiger partial charge is 0.356 e. The molecule has 0 spiro atoms. The summed E-state index contributed by atoms with van der Waals surface area (Å²) >= 11 is 3.61. The van der Waals surface area contributed by atoms with Crippen molar-refractivity contribution in [2.24, 2.45) is 4.99 Å². The summed E-state index contributed by atoms with van der Waals surface area (Å²) in [6.07, 6.45) is 3.05. The van der Waals surface area contributed by atoms with Gasteiger partial charge in [-0.1, -0.05) is 0 Å². The number of rotatable bonds is 6. The summed E-state index contributed by atoms with van der Waals surface area (Å²) in [4.78, 5) is 10.0. The van der Waals surface area contributed by atoms with Crippen LogP contribution in [0, 0.1) is 13.8 Å². The average molecular weight is 414 g/mol. The van der Waals surface area contributed by atoms with E-state index in [9.17, 15) is 0 Å². The minimum atomic E-state index is 0. The van der Waals surface area contributed by atoms with Gasteiger partial charge in [-0.2, -0.15) is 11.8 Å². The highest BCUT2D eigenvalue weighted by atomic mass is 127. The third-order valence-electron chi connectivity index (χ3n) is 2.53. The monoisotopic (exact) mass is 414 g/mol. The van der Waals surface area contributed by atoms with Crippen molar-refractivity contribution in [1.29, 1.82) is 0 Å². The van der Waals surface area contributed by atoms with Crippen LogP contribution in [0.3, 0.4) is 0 Å². The van der Waals surface area contributed by atoms with Crippen molar-refractivity contribution in [2.45, 2.75) is 20.3 Å². The number of aliphatic imine (C=N–C) groups is 1. The fourth-order valence-electron chi connectivity index (χ4n) is 1.43. The smallest absolute Gasteiger partial charge is 0.191 e. The molecule has 19 heavy (non-hydrogen) atoms. The highest BCUT2D eigenvalue weighted by Crippen LogP contribution is 2.16. The second-order valence-electron chi connectivity index (χ2n) is 3.92. The number of nitrogens with zero attached hydrogens (tertiary/aromatic N) is 2. The SMILES string of the molecule is CN=C(NCCSC)NCCc1nc(C)c(C)s1.I. The first kappa shape index (κ1) is 19.0. The normalized spacial score (nSPS) is 11.1. The summed E-state index contributed by atoms with van der Waals surface area (Å²) in [6.45, 7) is 5.99. The highest BCUT2D eigenvalue weighted by Gasteiger charge is 2.03. The van der Waals surface area contributed by atoms with Crippen molar-refractivity contribution in [3.8, 4) is 0 Å². The molecule has 0 atom stereocenters. The van der Waals surface area contributed by atoms with E-state index < -0.39 is 0 Å². The first-order valence-corrected chi connectivity index (χ1v) is 8.24. The molecule has 4 nitrogen and oxygen atoms in total. The van der Waals surface area contributed by atoms with Crippen molar-refractivity contribution >= 4 is 53.0 Å². The number of aromatic nitrogens is 1. The van der Waals surface area contributed by atoms with Crippen LogP contribution in [0.15, 0.2) is 4.99 Å². The van der Waals surface area contributed by atoms with Crippen molar-refractivity contribution in [2.75, 3.05) is 32.1 Å². The Morgan fingerprint density at radius 1 is 1.32 bits per heavy atom. The number of hydrogen-bond acceptors (Lipinski definition) is 4. The Kier molecular flexibility index (Phi) is 10.7. The van der Waals surface area contributed by atoms with Gasteiger partial charge in [-0.3, -0.25) is 4.99 Å². The highest BCUT2D eigenvalue weighted by molar-refractivity contribution is 14.0. The Bertz CT molecular complexity index is 374. The number of thioether (sulfide) groups is 1. The molecule has 1 heterocycles. The lowest BCUT2D eigenvalue weighted by Crippen LogP contribution is -2.39. The van der Waals surface area contributed by atoms with E-state index in [1.807, 2.05) is 11.8 Å². The molecule has 0 aliphatic carbocycles. The molecule has 2 N–H and O–H groups in total. The summed E-state index contributed by atoms with van der Waals surface area (Å²) in [5.74, 6) is 1.96. The van der Waals surface area contributed by atoms with Crippen LogP contribution in [-0.4, -0.2) is 43.1 Å². The predicted molar refractivity (Wildman–Crippen MR) is 98.5 cm³/mol. The molecule has 110 valence electrons. The Morgan fingerprint density at radius 2 is 2.00 bits per heavy atom. The first-order chi connectivity index (χ1) is 8.67. The molecule has 0 unspecified atom stereocenters. The first-order valence-electron chi connectivity index (χ1n) is 6.03. The maximum Gasteiger partial charge on any atom is 0.191 e. The van der Waals surface area contributed by atoms with Gasteiger partial charge in [0.2, 0.25) is 0 Å². The van der Waals surface area contributed by atoms with Crippen LogP contribution in [0.1, 0.15) is 15.6 Å². The van der Waals surface area contributed by atoms with Crippen molar-refractivity contribution < 1.29 is 0 Å². The standard InChI is InChI=1S/C12H22N4S2.HI/c1-9-10(2)18-11(16-9)5-6-14-12(13-3)15-7-8-17-4;/h5-8H2,1-4H3,(H2,13,14,15);1H. The fourth-order valence-corrected chi connectivity index (χ4v) is 2.67. The summed E-state index contributed by atoms with van der Waals surface area (Å²) in [6, 6.07) is 0. The van der Waals surface area contributed by atoms with Gasteiger partial charge in [-0.25, -0.2) is 4.98 Å². The van der Waals surface area contributed by atoms with Gasteiger partial charge in [0.15, 0.2) is 5.96 Å². The molecule has 0 aliphatic heterocycles. The van der Waals surface area contributed by atoms with E-state index in [4.69, 9.17) is 0 Å². The van der Waals surface area contributed by atoms with Crippen molar-refractivity contribution in [3.63, 3.8) is 0 Å². The molecule has 0 aromatic carbocycles. The van der Waals surface area contributed by atoms with E-state index in [1.54, 1.807) is 18.4 Å². The third kappa shape index (κ3) is 7.36. The van der Waals surface area contributed by atoms with E-state index in [1.165, 1.54) is 9.88 Å². The number of nitrogens with one attached hydrogen (secondary N) is 2. The quantitative estimate of drug-likeness (QED) is 0.325. The molecule has 0 fully saturated rings. The molecule has 0 bridgehead atoms. The Morgan fingerprint density at radius 3 is 2.53 bits per heavy atom. The molecule has 1 aromatic rings. The van der Waals surface area contributed by atoms with Gasteiger partial charge in [0.1, 0.15) is 0 Å². The van der Waals surface area contributed by atoms with E-state index >= 15 is 0 Å². The summed E-state index contributed by atoms with van der Waals surface area (Å²) in [5, 5.41) is 7.77. The molecule has 0 saturated heterocycles. The van der Waals surface area contributed by atoms with Gasteiger partial charge < -0.3 is 10.6 Å². The van der Waals surface area contributed by atoms with Crippen LogP contribution in [0.4, 0.5) is 0 Å². The van der Waals surface area contributed by atoms with Crippen LogP contribution >= 0.6 is 47.1 Å². The predicted octanol–water partition coefficient (Wildman–Crippen LogP) is 2.45. The van der Waals surface area contributed by atoms with E-state index in [0.29, 0.717) is 0 Å². The van der Waals surface area contributed by atoms with Gasteiger partial charge in [0.25, 0.3) is 0 Å². The summed E-state index contributed by atoms with van der Waals surface area (Å²) < 4.78 is 0. The van der Waals surface area contributed by atoms with Gasteiger partial charge in [0.05, 0.1) is 10.7 Å². The Balaban J connectivity index is 0.00000324. The molecule has 0 aliphatic rings. The second-order valence-corrected chi connectivity index (χ2v) is 6.19. The Hall–Kier alpha value is -0.0200. The maximum absolute atomic E-state index is 4.52. The zero-order chi connectivity index (χ0) is 13.4. The third-order valence-corrected chi connectivity index (χ3v) is 4.27. The zero-order valence-corrected chi connectivity index (χ0v) is 15.9. The van der Waals surface area contributed by atoms with Crippen LogP contribution in [-0.2, 0) is 6.42 Å². The number of guanidine groups is 1. The van der Waals surface area contributed by atoms with Crippen molar-refractivity contribution in [1.82, 2.24) is 15.6 Å².